The van der Waals surface area contributed by atoms with Gasteiger partial charge in [-0.25, -0.2) is 0 Å². The number of hydrogen-bond donors (Lipinski definition) is 2. The molecule has 1 rings (SSSR count). The van der Waals surface area contributed by atoms with Gasteiger partial charge in [0, 0.05) is 6.04 Å². The van der Waals surface area contributed by atoms with Crippen LogP contribution < -0.4 is 5.73 Å². The molecule has 0 heterocycles. The number of hydrogen-bond acceptors (Lipinski definition) is 3. The van der Waals surface area contributed by atoms with Crippen molar-refractivity contribution in [2.75, 3.05) is 6.61 Å². The summed E-state index contributed by atoms with van der Waals surface area (Å²) in [4.78, 5) is 0. The van der Waals surface area contributed by atoms with Crippen molar-refractivity contribution >= 4 is 0 Å². The van der Waals surface area contributed by atoms with Gasteiger partial charge in [0.1, 0.15) is 0 Å². The quantitative estimate of drug-likeness (QED) is 0.694. The molecule has 3 nitrogen and oxygen atoms in total. The summed E-state index contributed by atoms with van der Waals surface area (Å²) in [6, 6.07) is 0.358. The van der Waals surface area contributed by atoms with Crippen molar-refractivity contribution in [3.05, 3.63) is 0 Å². The molecule has 78 valence electrons. The first-order valence-corrected chi connectivity index (χ1v) is 5.08. The predicted molar refractivity (Wildman–Crippen MR) is 52.5 cm³/mol. The second kappa shape index (κ2) is 4.40. The fourth-order valence-electron chi connectivity index (χ4n) is 1.69. The second-order valence-electron chi connectivity index (χ2n) is 4.57. The van der Waals surface area contributed by atoms with Crippen LogP contribution in [0, 0.1) is 0 Å². The lowest BCUT2D eigenvalue weighted by Gasteiger charge is -2.33. The van der Waals surface area contributed by atoms with E-state index in [9.17, 15) is 0 Å². The molecule has 0 bridgehead atoms. The molecular formula is C10H21NO2. The highest BCUT2D eigenvalue weighted by atomic mass is 16.5. The van der Waals surface area contributed by atoms with Crippen LogP contribution in [-0.2, 0) is 4.74 Å². The van der Waals surface area contributed by atoms with E-state index in [0.29, 0.717) is 12.1 Å². The van der Waals surface area contributed by atoms with Crippen LogP contribution in [0.3, 0.4) is 0 Å². The first-order chi connectivity index (χ1) is 6.03. The zero-order valence-electron chi connectivity index (χ0n) is 8.62. The lowest BCUT2D eigenvalue weighted by molar-refractivity contribution is -0.109. The van der Waals surface area contributed by atoms with Crippen LogP contribution in [-0.4, -0.2) is 29.5 Å². The lowest BCUT2D eigenvalue weighted by Crippen LogP contribution is -2.38. The monoisotopic (exact) mass is 187 g/mol. The Morgan fingerprint density at radius 2 is 1.85 bits per heavy atom. The van der Waals surface area contributed by atoms with Gasteiger partial charge < -0.3 is 15.6 Å². The first-order valence-electron chi connectivity index (χ1n) is 5.08. The molecule has 0 aliphatic heterocycles. The Morgan fingerprint density at radius 1 is 1.31 bits per heavy atom. The number of aliphatic hydroxyl groups is 1. The SMILES string of the molecule is CC(C)(CO)OC1CCC(N)CC1. The molecule has 0 amide bonds. The molecule has 0 aromatic carbocycles. The largest absolute Gasteiger partial charge is 0.393 e. The maximum absolute atomic E-state index is 9.03. The summed E-state index contributed by atoms with van der Waals surface area (Å²) in [5.74, 6) is 0. The van der Waals surface area contributed by atoms with Crippen LogP contribution in [0.2, 0.25) is 0 Å². The molecule has 0 unspecified atom stereocenters. The second-order valence-corrected chi connectivity index (χ2v) is 4.57. The van der Waals surface area contributed by atoms with E-state index in [1.54, 1.807) is 0 Å². The molecule has 0 spiro atoms. The van der Waals surface area contributed by atoms with Crippen molar-refractivity contribution in [1.82, 2.24) is 0 Å². The Bertz CT molecular complexity index is 151. The summed E-state index contributed by atoms with van der Waals surface area (Å²) in [6.07, 6.45) is 4.45. The maximum Gasteiger partial charge on any atom is 0.0859 e. The highest BCUT2D eigenvalue weighted by Gasteiger charge is 2.26. The van der Waals surface area contributed by atoms with Crippen molar-refractivity contribution in [2.45, 2.75) is 57.3 Å². The highest BCUT2D eigenvalue weighted by Crippen LogP contribution is 2.24. The van der Waals surface area contributed by atoms with E-state index in [1.807, 2.05) is 13.8 Å². The van der Waals surface area contributed by atoms with E-state index in [-0.39, 0.29) is 6.61 Å². The minimum Gasteiger partial charge on any atom is -0.393 e. The molecule has 0 radical (unpaired) electrons. The minimum atomic E-state index is -0.397. The molecule has 1 aliphatic rings. The molecular weight excluding hydrogens is 166 g/mol. The Morgan fingerprint density at radius 3 is 2.31 bits per heavy atom. The predicted octanol–water partition coefficient (Wildman–Crippen LogP) is 1.04. The Labute approximate surface area is 80.3 Å². The van der Waals surface area contributed by atoms with Crippen molar-refractivity contribution in [3.63, 3.8) is 0 Å². The number of rotatable bonds is 3. The zero-order chi connectivity index (χ0) is 9.90. The van der Waals surface area contributed by atoms with E-state index in [1.165, 1.54) is 0 Å². The van der Waals surface area contributed by atoms with Gasteiger partial charge in [0.15, 0.2) is 0 Å². The molecule has 1 fully saturated rings. The van der Waals surface area contributed by atoms with Crippen molar-refractivity contribution in [2.24, 2.45) is 5.73 Å². The number of aliphatic hydroxyl groups excluding tert-OH is 1. The van der Waals surface area contributed by atoms with Gasteiger partial charge in [0.25, 0.3) is 0 Å². The molecule has 3 heteroatoms. The van der Waals surface area contributed by atoms with Gasteiger partial charge in [0.2, 0.25) is 0 Å². The van der Waals surface area contributed by atoms with E-state index in [4.69, 9.17) is 15.6 Å². The van der Waals surface area contributed by atoms with Crippen LogP contribution in [0.15, 0.2) is 0 Å². The van der Waals surface area contributed by atoms with E-state index >= 15 is 0 Å². The van der Waals surface area contributed by atoms with Gasteiger partial charge in [-0.2, -0.15) is 0 Å². The summed E-state index contributed by atoms with van der Waals surface area (Å²) in [7, 11) is 0. The van der Waals surface area contributed by atoms with Gasteiger partial charge in [-0.1, -0.05) is 0 Å². The summed E-state index contributed by atoms with van der Waals surface area (Å²) in [6.45, 7) is 3.92. The van der Waals surface area contributed by atoms with E-state index in [2.05, 4.69) is 0 Å². The summed E-state index contributed by atoms with van der Waals surface area (Å²) in [5, 5.41) is 9.03. The van der Waals surface area contributed by atoms with Gasteiger partial charge in [-0.15, -0.1) is 0 Å². The normalized spacial score (nSPS) is 30.5. The van der Waals surface area contributed by atoms with Crippen LogP contribution in [0.4, 0.5) is 0 Å². The van der Waals surface area contributed by atoms with Gasteiger partial charge in [-0.05, 0) is 39.5 Å². The van der Waals surface area contributed by atoms with Gasteiger partial charge >= 0.3 is 0 Å². The third-order valence-corrected chi connectivity index (χ3v) is 2.59. The maximum atomic E-state index is 9.03. The number of nitrogens with two attached hydrogens (primary N) is 1. The Balaban J connectivity index is 2.30. The van der Waals surface area contributed by atoms with Crippen molar-refractivity contribution in [1.29, 1.82) is 0 Å². The first kappa shape index (κ1) is 11.0. The Kier molecular flexibility index (Phi) is 3.71. The van der Waals surface area contributed by atoms with Gasteiger partial charge in [-0.3, -0.25) is 0 Å². The fraction of sp³-hybridized carbons (Fsp3) is 1.00. The summed E-state index contributed by atoms with van der Waals surface area (Å²) in [5.41, 5.74) is 5.39. The number of ether oxygens (including phenoxy) is 1. The minimum absolute atomic E-state index is 0.0789. The molecule has 0 aromatic rings. The lowest BCUT2D eigenvalue weighted by atomic mass is 9.93. The van der Waals surface area contributed by atoms with Crippen molar-refractivity contribution < 1.29 is 9.84 Å². The van der Waals surface area contributed by atoms with E-state index in [0.717, 1.165) is 25.7 Å². The Hall–Kier alpha value is -0.120. The smallest absolute Gasteiger partial charge is 0.0859 e. The molecule has 1 saturated carbocycles. The average Bonchev–Trinajstić information content (AvgIpc) is 2.09. The molecule has 3 N–H and O–H groups in total. The topological polar surface area (TPSA) is 55.5 Å². The molecule has 13 heavy (non-hydrogen) atoms. The molecule has 0 atom stereocenters. The highest BCUT2D eigenvalue weighted by molar-refractivity contribution is 4.78. The van der Waals surface area contributed by atoms with Crippen molar-refractivity contribution in [3.8, 4) is 0 Å². The molecule has 0 saturated heterocycles. The third kappa shape index (κ3) is 3.63. The average molecular weight is 187 g/mol. The fourth-order valence-corrected chi connectivity index (χ4v) is 1.69. The summed E-state index contributed by atoms with van der Waals surface area (Å²) < 4.78 is 5.77. The van der Waals surface area contributed by atoms with Crippen LogP contribution >= 0.6 is 0 Å². The molecule has 0 aromatic heterocycles. The van der Waals surface area contributed by atoms with Crippen LogP contribution in [0.25, 0.3) is 0 Å². The van der Waals surface area contributed by atoms with Crippen LogP contribution in [0.1, 0.15) is 39.5 Å². The van der Waals surface area contributed by atoms with E-state index < -0.39 is 5.60 Å². The van der Waals surface area contributed by atoms with Gasteiger partial charge in [0.05, 0.1) is 18.3 Å². The zero-order valence-corrected chi connectivity index (χ0v) is 8.62. The standard InChI is InChI=1S/C10H21NO2/c1-10(2,7-12)13-9-5-3-8(11)4-6-9/h8-9,12H,3-7,11H2,1-2H3. The molecule has 1 aliphatic carbocycles. The summed E-state index contributed by atoms with van der Waals surface area (Å²) >= 11 is 0. The third-order valence-electron chi connectivity index (χ3n) is 2.59. The van der Waals surface area contributed by atoms with Crippen LogP contribution in [0.5, 0.6) is 0 Å².